The van der Waals surface area contributed by atoms with Crippen molar-refractivity contribution in [3.05, 3.63) is 35.4 Å². The fraction of sp³-hybridized carbons (Fsp3) is 0.471. The molecule has 0 saturated carbocycles. The average molecular weight is 334 g/mol. The summed E-state index contributed by atoms with van der Waals surface area (Å²) in [6.45, 7) is 2.51. The van der Waals surface area contributed by atoms with Crippen LogP contribution in [-0.2, 0) is 15.7 Å². The number of carbonyl (C=O) groups excluding carboxylic acids is 1. The molecule has 1 saturated heterocycles. The van der Waals surface area contributed by atoms with Crippen molar-refractivity contribution in [1.82, 2.24) is 4.31 Å². The number of rotatable bonds is 4. The molecule has 1 atom stereocenters. The maximum absolute atomic E-state index is 12.8. The van der Waals surface area contributed by atoms with Crippen LogP contribution in [0.5, 0.6) is 0 Å². The van der Waals surface area contributed by atoms with Crippen molar-refractivity contribution in [2.24, 2.45) is 5.73 Å². The van der Waals surface area contributed by atoms with Crippen molar-refractivity contribution >= 4 is 22.5 Å². The Bertz CT molecular complexity index is 651. The summed E-state index contributed by atoms with van der Waals surface area (Å²) in [6.07, 6.45) is 6.42. The van der Waals surface area contributed by atoms with Gasteiger partial charge in [-0.25, -0.2) is 8.51 Å². The maximum Gasteiger partial charge on any atom is 0.249 e. The topological polar surface area (TPSA) is 72.6 Å². The highest BCUT2D eigenvalue weighted by Crippen LogP contribution is 2.30. The van der Waals surface area contributed by atoms with Crippen LogP contribution in [-0.4, -0.2) is 40.7 Å². The Morgan fingerprint density at radius 2 is 2.00 bits per heavy atom. The van der Waals surface area contributed by atoms with Gasteiger partial charge in [0.15, 0.2) is 0 Å². The van der Waals surface area contributed by atoms with E-state index in [0.29, 0.717) is 31.9 Å². The molecular weight excluding hydrogens is 312 g/mol. The molecule has 1 heterocycles. The van der Waals surface area contributed by atoms with Gasteiger partial charge in [0.1, 0.15) is 11.0 Å². The van der Waals surface area contributed by atoms with Crippen LogP contribution in [0.2, 0.25) is 0 Å². The van der Waals surface area contributed by atoms with E-state index in [-0.39, 0.29) is 0 Å². The Hall–Kier alpha value is -1.50. The third kappa shape index (κ3) is 3.71. The minimum atomic E-state index is -1.23. The first-order chi connectivity index (χ1) is 11.2. The molecule has 124 valence electrons. The first kappa shape index (κ1) is 16.4. The predicted octanol–water partition coefficient (Wildman–Crippen LogP) is 2.10. The van der Waals surface area contributed by atoms with Crippen LogP contribution in [0.4, 0.5) is 0 Å². The quantitative estimate of drug-likeness (QED) is 0.916. The Kier molecular flexibility index (Phi) is 5.25. The zero-order chi connectivity index (χ0) is 16.2. The molecule has 1 aromatic rings. The van der Waals surface area contributed by atoms with Gasteiger partial charge in [0.25, 0.3) is 0 Å². The van der Waals surface area contributed by atoms with Gasteiger partial charge < -0.3 is 10.5 Å². The summed E-state index contributed by atoms with van der Waals surface area (Å²) >= 11 is 0. The van der Waals surface area contributed by atoms with Crippen molar-refractivity contribution in [2.75, 3.05) is 26.3 Å². The lowest BCUT2D eigenvalue weighted by atomic mass is 9.90. The van der Waals surface area contributed by atoms with E-state index in [1.807, 2.05) is 10.4 Å². The lowest BCUT2D eigenvalue weighted by molar-refractivity contribution is 0.0752. The summed E-state index contributed by atoms with van der Waals surface area (Å²) in [5.41, 5.74) is 8.02. The summed E-state index contributed by atoms with van der Waals surface area (Å²) < 4.78 is 20.0. The van der Waals surface area contributed by atoms with Gasteiger partial charge in [-0.15, -0.1) is 0 Å². The highest BCUT2D eigenvalue weighted by Gasteiger charge is 2.21. The van der Waals surface area contributed by atoms with Gasteiger partial charge in [-0.1, -0.05) is 6.08 Å². The molecule has 0 bridgehead atoms. The molecule has 6 heteroatoms. The van der Waals surface area contributed by atoms with Crippen molar-refractivity contribution in [3.8, 4) is 0 Å². The van der Waals surface area contributed by atoms with E-state index < -0.39 is 16.9 Å². The van der Waals surface area contributed by atoms with Crippen LogP contribution in [0, 0.1) is 0 Å². The third-order valence-corrected chi connectivity index (χ3v) is 5.79. The third-order valence-electron chi connectivity index (χ3n) is 4.30. The summed E-state index contributed by atoms with van der Waals surface area (Å²) in [6, 6.07) is 5.34. The second kappa shape index (κ2) is 7.38. The molecule has 2 N–H and O–H groups in total. The summed E-state index contributed by atoms with van der Waals surface area (Å²) in [5.74, 6) is -0.435. The van der Waals surface area contributed by atoms with E-state index >= 15 is 0 Å². The van der Waals surface area contributed by atoms with Gasteiger partial charge in [0, 0.05) is 18.7 Å². The number of amides is 1. The standard InChI is InChI=1S/C17H22N2O3S/c18-17(20)15-7-6-14(23(21)19-8-10-22-11-9-19)12-16(15)13-4-2-1-3-5-13/h4,6-7,12H,1-3,5,8-11H2,(H2,18,20). The first-order valence-corrected chi connectivity index (χ1v) is 9.15. The van der Waals surface area contributed by atoms with Crippen LogP contribution >= 0.6 is 0 Å². The Balaban J connectivity index is 1.94. The number of nitrogens with two attached hydrogens (primary N) is 1. The van der Waals surface area contributed by atoms with Crippen molar-refractivity contribution in [1.29, 1.82) is 0 Å². The van der Waals surface area contributed by atoms with E-state index in [1.165, 1.54) is 6.42 Å². The van der Waals surface area contributed by atoms with Crippen LogP contribution < -0.4 is 5.73 Å². The maximum atomic E-state index is 12.8. The monoisotopic (exact) mass is 334 g/mol. The van der Waals surface area contributed by atoms with Crippen LogP contribution in [0.1, 0.15) is 41.6 Å². The fourth-order valence-corrected chi connectivity index (χ4v) is 4.24. The molecule has 1 fully saturated rings. The molecule has 5 nitrogen and oxygen atoms in total. The van der Waals surface area contributed by atoms with Crippen LogP contribution in [0.25, 0.3) is 5.57 Å². The number of carbonyl (C=O) groups is 1. The van der Waals surface area contributed by atoms with E-state index in [1.54, 1.807) is 12.1 Å². The summed E-state index contributed by atoms with van der Waals surface area (Å²) in [5, 5.41) is 0. The van der Waals surface area contributed by atoms with Gasteiger partial charge in [0.05, 0.1) is 18.1 Å². The van der Waals surface area contributed by atoms with E-state index in [4.69, 9.17) is 10.5 Å². The van der Waals surface area contributed by atoms with Gasteiger partial charge in [-0.05, 0) is 55.0 Å². The number of hydrogen-bond acceptors (Lipinski definition) is 3. The van der Waals surface area contributed by atoms with E-state index in [0.717, 1.165) is 35.3 Å². The van der Waals surface area contributed by atoms with Crippen molar-refractivity contribution < 1.29 is 13.7 Å². The summed E-state index contributed by atoms with van der Waals surface area (Å²) in [4.78, 5) is 12.5. The van der Waals surface area contributed by atoms with Gasteiger partial charge in [0.2, 0.25) is 5.91 Å². The second-order valence-electron chi connectivity index (χ2n) is 5.84. The molecule has 0 radical (unpaired) electrons. The lowest BCUT2D eigenvalue weighted by Gasteiger charge is -2.25. The fourth-order valence-electron chi connectivity index (χ4n) is 3.06. The van der Waals surface area contributed by atoms with Gasteiger partial charge >= 0.3 is 0 Å². The van der Waals surface area contributed by atoms with Crippen molar-refractivity contribution in [3.63, 3.8) is 0 Å². The molecule has 2 aliphatic rings. The van der Waals surface area contributed by atoms with E-state index in [2.05, 4.69) is 6.08 Å². The zero-order valence-electron chi connectivity index (χ0n) is 13.1. The Labute approximate surface area is 139 Å². The molecule has 1 unspecified atom stereocenters. The van der Waals surface area contributed by atoms with Gasteiger partial charge in [-0.3, -0.25) is 4.79 Å². The molecule has 3 rings (SSSR count). The highest BCUT2D eigenvalue weighted by atomic mass is 32.2. The molecule has 1 amide bonds. The van der Waals surface area contributed by atoms with E-state index in [9.17, 15) is 9.00 Å². The predicted molar refractivity (Wildman–Crippen MR) is 90.2 cm³/mol. The Morgan fingerprint density at radius 1 is 1.22 bits per heavy atom. The van der Waals surface area contributed by atoms with Crippen molar-refractivity contribution in [2.45, 2.75) is 30.6 Å². The second-order valence-corrected chi connectivity index (χ2v) is 7.32. The first-order valence-electron chi connectivity index (χ1n) is 8.04. The van der Waals surface area contributed by atoms with Crippen LogP contribution in [0.3, 0.4) is 0 Å². The number of nitrogens with zero attached hydrogens (tertiary/aromatic N) is 1. The summed E-state index contributed by atoms with van der Waals surface area (Å²) in [7, 11) is -1.23. The van der Waals surface area contributed by atoms with Gasteiger partial charge in [-0.2, -0.15) is 0 Å². The molecule has 23 heavy (non-hydrogen) atoms. The number of hydrogen-bond donors (Lipinski definition) is 1. The number of primary amides is 1. The minimum absolute atomic E-state index is 0.435. The number of benzene rings is 1. The average Bonchev–Trinajstić information content (AvgIpc) is 2.62. The molecule has 1 aliphatic heterocycles. The largest absolute Gasteiger partial charge is 0.379 e. The highest BCUT2D eigenvalue weighted by molar-refractivity contribution is 7.82. The molecular formula is C17H22N2O3S. The normalized spacial score (nSPS) is 20.8. The van der Waals surface area contributed by atoms with Crippen LogP contribution in [0.15, 0.2) is 29.2 Å². The number of morpholine rings is 1. The minimum Gasteiger partial charge on any atom is -0.379 e. The zero-order valence-corrected chi connectivity index (χ0v) is 13.9. The Morgan fingerprint density at radius 3 is 2.65 bits per heavy atom. The lowest BCUT2D eigenvalue weighted by Crippen LogP contribution is -2.37. The molecule has 0 aromatic heterocycles. The molecule has 0 spiro atoms. The number of ether oxygens (including phenoxy) is 1. The molecule has 1 aliphatic carbocycles. The molecule has 1 aromatic carbocycles. The smallest absolute Gasteiger partial charge is 0.249 e. The number of allylic oxidation sites excluding steroid dienone is 2. The SMILES string of the molecule is NC(=O)c1ccc(S(=O)N2CCOCC2)cc1C1=CCCCC1.